The van der Waals surface area contributed by atoms with Crippen LogP contribution in [0.1, 0.15) is 36.8 Å². The van der Waals surface area contributed by atoms with Crippen molar-refractivity contribution >= 4 is 11.8 Å². The summed E-state index contributed by atoms with van der Waals surface area (Å²) in [5.74, 6) is 1.09. The van der Waals surface area contributed by atoms with Gasteiger partial charge in [0, 0.05) is 17.0 Å². The van der Waals surface area contributed by atoms with E-state index < -0.39 is 0 Å². The molecule has 0 bridgehead atoms. The molecule has 2 aliphatic carbocycles. The van der Waals surface area contributed by atoms with Gasteiger partial charge in [0.1, 0.15) is 0 Å². The van der Waals surface area contributed by atoms with Crippen LogP contribution in [0.25, 0.3) is 0 Å². The summed E-state index contributed by atoms with van der Waals surface area (Å²) in [7, 11) is 0. The third-order valence-electron chi connectivity index (χ3n) is 4.07. The van der Waals surface area contributed by atoms with Crippen LogP contribution in [0.3, 0.4) is 0 Å². The molecule has 0 radical (unpaired) electrons. The first-order chi connectivity index (χ1) is 9.35. The first kappa shape index (κ1) is 13.5. The SMILES string of the molecule is OCC(CCSc1ccc2c(c1)CCC2)NC1CC1. The normalized spacial score (nSPS) is 19.4. The predicted molar refractivity (Wildman–Crippen MR) is 80.8 cm³/mol. The molecule has 2 nitrogen and oxygen atoms in total. The molecule has 3 heteroatoms. The van der Waals surface area contributed by atoms with Gasteiger partial charge in [0.25, 0.3) is 0 Å². The Balaban J connectivity index is 1.46. The van der Waals surface area contributed by atoms with Gasteiger partial charge in [-0.3, -0.25) is 0 Å². The van der Waals surface area contributed by atoms with E-state index in [4.69, 9.17) is 0 Å². The van der Waals surface area contributed by atoms with Crippen LogP contribution >= 0.6 is 11.8 Å². The smallest absolute Gasteiger partial charge is 0.0585 e. The number of fused-ring (bicyclic) bond motifs is 1. The van der Waals surface area contributed by atoms with E-state index in [9.17, 15) is 5.11 Å². The summed E-state index contributed by atoms with van der Waals surface area (Å²) in [6.45, 7) is 0.265. The lowest BCUT2D eigenvalue weighted by Gasteiger charge is -2.15. The molecule has 1 saturated carbocycles. The first-order valence-corrected chi connectivity index (χ1v) is 8.45. The van der Waals surface area contributed by atoms with E-state index in [1.807, 2.05) is 11.8 Å². The Morgan fingerprint density at radius 3 is 2.89 bits per heavy atom. The molecule has 0 heterocycles. The summed E-state index contributed by atoms with van der Waals surface area (Å²) < 4.78 is 0. The van der Waals surface area contributed by atoms with Crippen LogP contribution in [-0.2, 0) is 12.8 Å². The fourth-order valence-electron chi connectivity index (χ4n) is 2.77. The number of aryl methyl sites for hydroxylation is 2. The molecule has 0 aromatic heterocycles. The molecule has 2 aliphatic rings. The Morgan fingerprint density at radius 2 is 2.11 bits per heavy atom. The molecule has 1 aromatic carbocycles. The standard InChI is InChI=1S/C16H23NOS/c18-11-15(17-14-5-6-14)8-9-19-16-7-4-12-2-1-3-13(12)10-16/h4,7,10,14-15,17-18H,1-3,5-6,8-9,11H2. The van der Waals surface area contributed by atoms with Crippen molar-refractivity contribution in [3.8, 4) is 0 Å². The van der Waals surface area contributed by atoms with Crippen molar-refractivity contribution < 1.29 is 5.11 Å². The molecule has 2 N–H and O–H groups in total. The predicted octanol–water partition coefficient (Wildman–Crippen LogP) is 2.77. The van der Waals surface area contributed by atoms with Crippen molar-refractivity contribution in [1.82, 2.24) is 5.32 Å². The molecule has 1 unspecified atom stereocenters. The number of aliphatic hydroxyl groups is 1. The van der Waals surface area contributed by atoms with Gasteiger partial charge in [-0.1, -0.05) is 6.07 Å². The lowest BCUT2D eigenvalue weighted by atomic mass is 10.1. The molecule has 1 atom stereocenters. The summed E-state index contributed by atoms with van der Waals surface area (Å²) in [5, 5.41) is 12.9. The van der Waals surface area contributed by atoms with E-state index in [1.165, 1.54) is 37.0 Å². The van der Waals surface area contributed by atoms with Crippen LogP contribution in [0.4, 0.5) is 0 Å². The van der Waals surface area contributed by atoms with Crippen LogP contribution in [-0.4, -0.2) is 29.5 Å². The summed E-state index contributed by atoms with van der Waals surface area (Å²) in [4.78, 5) is 1.39. The molecule has 1 fully saturated rings. The third-order valence-corrected chi connectivity index (χ3v) is 5.10. The zero-order valence-electron chi connectivity index (χ0n) is 11.4. The molecular weight excluding hydrogens is 254 g/mol. The molecule has 104 valence electrons. The second kappa shape index (κ2) is 6.29. The average molecular weight is 277 g/mol. The average Bonchev–Trinajstić information content (AvgIpc) is 3.12. The van der Waals surface area contributed by atoms with E-state index >= 15 is 0 Å². The molecule has 0 saturated heterocycles. The molecule has 1 aromatic rings. The van der Waals surface area contributed by atoms with E-state index in [2.05, 4.69) is 23.5 Å². The fourth-order valence-corrected chi connectivity index (χ4v) is 3.80. The van der Waals surface area contributed by atoms with Crippen molar-refractivity contribution in [3.05, 3.63) is 29.3 Å². The van der Waals surface area contributed by atoms with Gasteiger partial charge in [0.15, 0.2) is 0 Å². The highest BCUT2D eigenvalue weighted by atomic mass is 32.2. The minimum atomic E-state index is 0.265. The van der Waals surface area contributed by atoms with Gasteiger partial charge < -0.3 is 10.4 Å². The maximum absolute atomic E-state index is 9.35. The van der Waals surface area contributed by atoms with Gasteiger partial charge in [-0.15, -0.1) is 11.8 Å². The van der Waals surface area contributed by atoms with Crippen LogP contribution in [0.2, 0.25) is 0 Å². The lowest BCUT2D eigenvalue weighted by Crippen LogP contribution is -2.34. The van der Waals surface area contributed by atoms with E-state index in [0.29, 0.717) is 6.04 Å². The molecule has 19 heavy (non-hydrogen) atoms. The van der Waals surface area contributed by atoms with Crippen molar-refractivity contribution in [1.29, 1.82) is 0 Å². The Morgan fingerprint density at radius 1 is 1.26 bits per heavy atom. The molecule has 0 aliphatic heterocycles. The van der Waals surface area contributed by atoms with E-state index in [-0.39, 0.29) is 12.6 Å². The maximum Gasteiger partial charge on any atom is 0.0585 e. The van der Waals surface area contributed by atoms with Gasteiger partial charge >= 0.3 is 0 Å². The van der Waals surface area contributed by atoms with Crippen LogP contribution in [0.15, 0.2) is 23.1 Å². The number of thioether (sulfide) groups is 1. The third kappa shape index (κ3) is 3.74. The molecular formula is C16H23NOS. The van der Waals surface area contributed by atoms with Crippen molar-refractivity contribution in [2.75, 3.05) is 12.4 Å². The molecule has 3 rings (SSSR count). The van der Waals surface area contributed by atoms with Gasteiger partial charge in [-0.05, 0) is 67.5 Å². The summed E-state index contributed by atoms with van der Waals surface area (Å²) in [6.07, 6.45) is 7.46. The van der Waals surface area contributed by atoms with E-state index in [1.54, 1.807) is 11.1 Å². The van der Waals surface area contributed by atoms with E-state index in [0.717, 1.165) is 12.2 Å². The lowest BCUT2D eigenvalue weighted by molar-refractivity contribution is 0.239. The maximum atomic E-state index is 9.35. The number of aliphatic hydroxyl groups excluding tert-OH is 1. The largest absolute Gasteiger partial charge is 0.395 e. The minimum absolute atomic E-state index is 0.265. The monoisotopic (exact) mass is 277 g/mol. The van der Waals surface area contributed by atoms with Gasteiger partial charge in [0.05, 0.1) is 6.61 Å². The minimum Gasteiger partial charge on any atom is -0.395 e. The zero-order chi connectivity index (χ0) is 13.1. The second-order valence-corrected chi connectivity index (χ2v) is 6.91. The second-order valence-electron chi connectivity index (χ2n) is 5.74. The highest BCUT2D eigenvalue weighted by Crippen LogP contribution is 2.28. The molecule has 0 amide bonds. The highest BCUT2D eigenvalue weighted by molar-refractivity contribution is 7.99. The Kier molecular flexibility index (Phi) is 4.46. The van der Waals surface area contributed by atoms with Gasteiger partial charge in [-0.25, -0.2) is 0 Å². The number of rotatable bonds is 7. The number of hydrogen-bond donors (Lipinski definition) is 2. The summed E-state index contributed by atoms with van der Waals surface area (Å²) >= 11 is 1.93. The molecule has 0 spiro atoms. The van der Waals surface area contributed by atoms with Gasteiger partial charge in [0.2, 0.25) is 0 Å². The number of hydrogen-bond acceptors (Lipinski definition) is 3. The number of benzene rings is 1. The number of nitrogens with one attached hydrogen (secondary N) is 1. The van der Waals surface area contributed by atoms with Crippen LogP contribution in [0.5, 0.6) is 0 Å². The summed E-state index contributed by atoms with van der Waals surface area (Å²) in [5.41, 5.74) is 3.10. The van der Waals surface area contributed by atoms with Crippen LogP contribution in [0, 0.1) is 0 Å². The fraction of sp³-hybridized carbons (Fsp3) is 0.625. The van der Waals surface area contributed by atoms with Crippen molar-refractivity contribution in [3.63, 3.8) is 0 Å². The summed E-state index contributed by atoms with van der Waals surface area (Å²) in [6, 6.07) is 7.90. The van der Waals surface area contributed by atoms with Crippen molar-refractivity contribution in [2.24, 2.45) is 0 Å². The zero-order valence-corrected chi connectivity index (χ0v) is 12.2. The Hall–Kier alpha value is -0.510. The first-order valence-electron chi connectivity index (χ1n) is 7.46. The highest BCUT2D eigenvalue weighted by Gasteiger charge is 2.23. The van der Waals surface area contributed by atoms with Crippen LogP contribution < -0.4 is 5.32 Å². The Bertz CT molecular complexity index is 431. The quantitative estimate of drug-likeness (QED) is 0.752. The topological polar surface area (TPSA) is 32.3 Å². The Labute approximate surface area is 120 Å². The van der Waals surface area contributed by atoms with Gasteiger partial charge in [-0.2, -0.15) is 0 Å². The van der Waals surface area contributed by atoms with Crippen molar-refractivity contribution in [2.45, 2.75) is 55.5 Å².